The number of benzene rings is 2. The molecular formula is C32H45N3O5S. The van der Waals surface area contributed by atoms with Crippen LogP contribution in [0.25, 0.3) is 0 Å². The molecule has 1 atom stereocenters. The number of nitrogens with one attached hydrogen (secondary N) is 1. The average molecular weight is 584 g/mol. The molecule has 0 spiro atoms. The summed E-state index contributed by atoms with van der Waals surface area (Å²) in [5, 5.41) is 3.19. The van der Waals surface area contributed by atoms with Gasteiger partial charge in [-0.25, -0.2) is 8.42 Å². The van der Waals surface area contributed by atoms with Crippen LogP contribution in [-0.4, -0.2) is 75.6 Å². The fraction of sp³-hybridized carbons (Fsp3) is 0.594. The van der Waals surface area contributed by atoms with Gasteiger partial charge in [0.1, 0.15) is 12.4 Å². The molecule has 2 aromatic rings. The number of nitrogens with zero attached hydrogens (tertiary/aromatic N) is 2. The van der Waals surface area contributed by atoms with Crippen molar-refractivity contribution >= 4 is 15.9 Å². The molecule has 1 N–H and O–H groups in total. The summed E-state index contributed by atoms with van der Waals surface area (Å²) in [5.41, 5.74) is 2.79. The molecule has 224 valence electrons. The Morgan fingerprint density at radius 1 is 0.976 bits per heavy atom. The van der Waals surface area contributed by atoms with Gasteiger partial charge >= 0.3 is 0 Å². The first kappa shape index (κ1) is 30.0. The summed E-state index contributed by atoms with van der Waals surface area (Å²) in [4.78, 5) is 15.8. The van der Waals surface area contributed by atoms with Crippen LogP contribution in [-0.2, 0) is 25.1 Å². The van der Waals surface area contributed by atoms with E-state index in [1.165, 1.54) is 18.4 Å². The van der Waals surface area contributed by atoms with E-state index < -0.39 is 10.0 Å². The normalized spacial score (nSPS) is 25.8. The highest BCUT2D eigenvalue weighted by molar-refractivity contribution is 7.89. The van der Waals surface area contributed by atoms with Crippen molar-refractivity contribution in [3.63, 3.8) is 0 Å². The van der Waals surface area contributed by atoms with Gasteiger partial charge in [-0.2, -0.15) is 4.31 Å². The maximum atomic E-state index is 13.6. The Hall–Kier alpha value is -2.46. The molecule has 1 saturated carbocycles. The minimum atomic E-state index is -3.70. The number of sulfonamides is 1. The summed E-state index contributed by atoms with van der Waals surface area (Å²) in [5.74, 6) is 0.517. The molecule has 0 aromatic heterocycles. The lowest BCUT2D eigenvalue weighted by Gasteiger charge is -2.47. The van der Waals surface area contributed by atoms with Crippen LogP contribution < -0.4 is 10.1 Å². The molecule has 2 aromatic carbocycles. The Bertz CT molecular complexity index is 1280. The maximum absolute atomic E-state index is 13.6. The Balaban J connectivity index is 1.14. The van der Waals surface area contributed by atoms with E-state index in [2.05, 4.69) is 40.5 Å². The lowest BCUT2D eigenvalue weighted by atomic mass is 9.73. The number of hydrogen-bond acceptors (Lipinski definition) is 6. The van der Waals surface area contributed by atoms with E-state index in [4.69, 9.17) is 9.47 Å². The highest BCUT2D eigenvalue weighted by Gasteiger charge is 2.43. The number of hydrogen-bond donors (Lipinski definition) is 1. The van der Waals surface area contributed by atoms with E-state index >= 15 is 0 Å². The molecule has 9 heteroatoms. The lowest BCUT2D eigenvalue weighted by Crippen LogP contribution is -2.50. The van der Waals surface area contributed by atoms with Crippen molar-refractivity contribution in [2.45, 2.75) is 87.7 Å². The van der Waals surface area contributed by atoms with Gasteiger partial charge in [-0.05, 0) is 107 Å². The van der Waals surface area contributed by atoms with Crippen LogP contribution in [0.5, 0.6) is 5.75 Å². The summed E-state index contributed by atoms with van der Waals surface area (Å²) < 4.78 is 40.0. The van der Waals surface area contributed by atoms with Gasteiger partial charge in [0.2, 0.25) is 15.9 Å². The number of rotatable bonds is 10. The van der Waals surface area contributed by atoms with Crippen LogP contribution in [0.15, 0.2) is 47.4 Å². The van der Waals surface area contributed by atoms with Gasteiger partial charge in [-0.3, -0.25) is 9.69 Å². The van der Waals surface area contributed by atoms with E-state index in [1.54, 1.807) is 37.4 Å². The van der Waals surface area contributed by atoms with E-state index in [0.29, 0.717) is 28.3 Å². The molecule has 1 aliphatic carbocycles. The Kier molecular flexibility index (Phi) is 9.38. The van der Waals surface area contributed by atoms with Crippen molar-refractivity contribution in [3.8, 4) is 5.75 Å². The van der Waals surface area contributed by atoms with Crippen LogP contribution in [0.4, 0.5) is 0 Å². The Morgan fingerprint density at radius 2 is 1.63 bits per heavy atom. The number of aryl methyl sites for hydroxylation is 2. The number of amides is 1. The molecule has 0 radical (unpaired) electrons. The molecule has 1 unspecified atom stereocenters. The lowest BCUT2D eigenvalue weighted by molar-refractivity contribution is -0.127. The standard InChI is InChI=1S/C32H45N3O5S/c1-24-20-29(39-3)21-25(2)31(24)41(37,38)35-19-9-12-28(35)22-40-23-30(36)33-27-13-15-32(16-14-27,34-17-7-8-18-34)26-10-5-4-6-11-26/h4-6,10-11,20-21,27-28H,7-9,12-19,22-23H2,1-3H3,(H,33,36). The highest BCUT2D eigenvalue weighted by Crippen LogP contribution is 2.44. The highest BCUT2D eigenvalue weighted by atomic mass is 32.2. The third-order valence-electron chi connectivity index (χ3n) is 9.30. The summed E-state index contributed by atoms with van der Waals surface area (Å²) in [6, 6.07) is 14.2. The fourth-order valence-electron chi connectivity index (χ4n) is 7.32. The molecule has 5 rings (SSSR count). The van der Waals surface area contributed by atoms with Crippen molar-refractivity contribution in [3.05, 3.63) is 59.2 Å². The summed E-state index contributed by atoms with van der Waals surface area (Å²) in [7, 11) is -2.12. The number of carbonyl (C=O) groups excluding carboxylic acids is 1. The second kappa shape index (κ2) is 12.8. The van der Waals surface area contributed by atoms with Crippen LogP contribution in [0.2, 0.25) is 0 Å². The minimum Gasteiger partial charge on any atom is -0.497 e. The van der Waals surface area contributed by atoms with E-state index in [9.17, 15) is 13.2 Å². The molecule has 2 saturated heterocycles. The zero-order chi connectivity index (χ0) is 29.0. The van der Waals surface area contributed by atoms with E-state index in [1.807, 2.05) is 0 Å². The van der Waals surface area contributed by atoms with Crippen LogP contribution in [0, 0.1) is 13.8 Å². The molecule has 3 fully saturated rings. The molecule has 8 nitrogen and oxygen atoms in total. The number of carbonyl (C=O) groups is 1. The van der Waals surface area contributed by atoms with Gasteiger partial charge in [0.05, 0.1) is 18.6 Å². The first-order valence-electron chi connectivity index (χ1n) is 15.1. The SMILES string of the molecule is COc1cc(C)c(S(=O)(=O)N2CCCC2COCC(=O)NC2CCC(c3ccccc3)(N3CCCC3)CC2)c(C)c1. The van der Waals surface area contributed by atoms with Crippen molar-refractivity contribution in [2.24, 2.45) is 0 Å². The van der Waals surface area contributed by atoms with Crippen LogP contribution in [0.1, 0.15) is 68.1 Å². The van der Waals surface area contributed by atoms with E-state index in [-0.39, 0.29) is 36.7 Å². The van der Waals surface area contributed by atoms with Crippen LogP contribution >= 0.6 is 0 Å². The Morgan fingerprint density at radius 3 is 2.27 bits per heavy atom. The molecule has 3 aliphatic rings. The monoisotopic (exact) mass is 583 g/mol. The topological polar surface area (TPSA) is 88.2 Å². The first-order chi connectivity index (χ1) is 19.7. The Labute approximate surface area is 245 Å². The van der Waals surface area contributed by atoms with Gasteiger partial charge in [0, 0.05) is 24.2 Å². The number of methoxy groups -OCH3 is 1. The van der Waals surface area contributed by atoms with E-state index in [0.717, 1.165) is 51.6 Å². The van der Waals surface area contributed by atoms with Crippen molar-refractivity contribution in [1.29, 1.82) is 0 Å². The quantitative estimate of drug-likeness (QED) is 0.442. The summed E-state index contributed by atoms with van der Waals surface area (Å²) in [6.07, 6.45) is 7.94. The number of likely N-dealkylation sites (tertiary alicyclic amines) is 1. The third kappa shape index (κ3) is 6.33. The largest absolute Gasteiger partial charge is 0.497 e. The van der Waals surface area contributed by atoms with Crippen molar-refractivity contribution in [1.82, 2.24) is 14.5 Å². The summed E-state index contributed by atoms with van der Waals surface area (Å²) >= 11 is 0. The predicted molar refractivity (Wildman–Crippen MR) is 160 cm³/mol. The third-order valence-corrected chi connectivity index (χ3v) is 11.6. The van der Waals surface area contributed by atoms with Gasteiger partial charge in [0.15, 0.2) is 0 Å². The van der Waals surface area contributed by atoms with Gasteiger partial charge in [-0.15, -0.1) is 0 Å². The van der Waals surface area contributed by atoms with Gasteiger partial charge in [0.25, 0.3) is 0 Å². The number of ether oxygens (including phenoxy) is 2. The second-order valence-corrected chi connectivity index (χ2v) is 13.8. The molecule has 0 bridgehead atoms. The molecule has 1 amide bonds. The van der Waals surface area contributed by atoms with Crippen LogP contribution in [0.3, 0.4) is 0 Å². The average Bonchev–Trinajstić information content (AvgIpc) is 3.67. The fourth-order valence-corrected chi connectivity index (χ4v) is 9.42. The second-order valence-electron chi connectivity index (χ2n) is 12.0. The zero-order valence-electron chi connectivity index (χ0n) is 24.7. The zero-order valence-corrected chi connectivity index (χ0v) is 25.5. The minimum absolute atomic E-state index is 0.0581. The summed E-state index contributed by atoms with van der Waals surface area (Å²) in [6.45, 7) is 6.49. The maximum Gasteiger partial charge on any atom is 0.246 e. The van der Waals surface area contributed by atoms with Crippen molar-refractivity contribution in [2.75, 3.05) is 40.0 Å². The van der Waals surface area contributed by atoms with Gasteiger partial charge in [-0.1, -0.05) is 30.3 Å². The van der Waals surface area contributed by atoms with Crippen molar-refractivity contribution < 1.29 is 22.7 Å². The smallest absolute Gasteiger partial charge is 0.246 e. The first-order valence-corrected chi connectivity index (χ1v) is 16.5. The molecule has 41 heavy (non-hydrogen) atoms. The predicted octanol–water partition coefficient (Wildman–Crippen LogP) is 4.53. The molecule has 2 heterocycles. The molecule has 2 aliphatic heterocycles. The molecular weight excluding hydrogens is 538 g/mol. The van der Waals surface area contributed by atoms with Gasteiger partial charge < -0.3 is 14.8 Å².